The lowest BCUT2D eigenvalue weighted by Gasteiger charge is -2.09. The number of carboxylic acids is 1. The van der Waals surface area contributed by atoms with Crippen molar-refractivity contribution in [2.45, 2.75) is 0 Å². The van der Waals surface area contributed by atoms with Gasteiger partial charge in [-0.15, -0.1) is 0 Å². The van der Waals surface area contributed by atoms with E-state index in [1.165, 1.54) is 36.7 Å². The number of carboxylic acid groups (broad SMARTS) is 1. The number of pyridine rings is 1. The van der Waals surface area contributed by atoms with Crippen LogP contribution in [0.2, 0.25) is 0 Å². The summed E-state index contributed by atoms with van der Waals surface area (Å²) in [4.78, 5) is 26.3. The van der Waals surface area contributed by atoms with Crippen molar-refractivity contribution < 1.29 is 23.8 Å². The molecule has 0 aliphatic rings. The van der Waals surface area contributed by atoms with Crippen molar-refractivity contribution in [2.75, 3.05) is 11.9 Å². The summed E-state index contributed by atoms with van der Waals surface area (Å²) in [5.74, 6) is -2.22. The quantitative estimate of drug-likeness (QED) is 0.878. The number of aromatic nitrogens is 1. The third-order valence-electron chi connectivity index (χ3n) is 2.48. The minimum Gasteiger partial charge on any atom is -0.481 e. The van der Waals surface area contributed by atoms with E-state index in [1.54, 1.807) is 0 Å². The maximum atomic E-state index is 13.0. The zero-order valence-electron chi connectivity index (χ0n) is 10.7. The van der Waals surface area contributed by atoms with Crippen LogP contribution in [0.25, 0.3) is 0 Å². The molecule has 0 unspecified atom stereocenters. The monoisotopic (exact) mass is 290 g/mol. The van der Waals surface area contributed by atoms with E-state index in [0.717, 1.165) is 6.07 Å². The largest absolute Gasteiger partial charge is 0.481 e. The van der Waals surface area contributed by atoms with Crippen LogP contribution in [0.15, 0.2) is 42.7 Å². The summed E-state index contributed by atoms with van der Waals surface area (Å²) in [6, 6.07) is 6.65. The second-order valence-corrected chi connectivity index (χ2v) is 4.02. The summed E-state index contributed by atoms with van der Waals surface area (Å²) >= 11 is 0. The van der Waals surface area contributed by atoms with Crippen LogP contribution in [0.4, 0.5) is 10.1 Å². The predicted octanol–water partition coefficient (Wildman–Crippen LogP) is 1.94. The fourth-order valence-electron chi connectivity index (χ4n) is 1.58. The molecule has 108 valence electrons. The number of carbonyl (C=O) groups excluding carboxylic acids is 1. The number of benzene rings is 1. The Kier molecular flexibility index (Phi) is 4.45. The van der Waals surface area contributed by atoms with Crippen LogP contribution in [-0.4, -0.2) is 28.6 Å². The normalized spacial score (nSPS) is 9.95. The third kappa shape index (κ3) is 4.00. The lowest BCUT2D eigenvalue weighted by atomic mass is 10.2. The van der Waals surface area contributed by atoms with Crippen LogP contribution in [0.3, 0.4) is 0 Å². The highest BCUT2D eigenvalue weighted by Gasteiger charge is 2.12. The number of nitrogens with zero attached hydrogens (tertiary/aromatic N) is 1. The van der Waals surface area contributed by atoms with Crippen molar-refractivity contribution in [3.8, 4) is 5.75 Å². The van der Waals surface area contributed by atoms with E-state index < -0.39 is 24.3 Å². The van der Waals surface area contributed by atoms with Gasteiger partial charge in [0.1, 0.15) is 11.4 Å². The molecular weight excluding hydrogens is 279 g/mol. The first kappa shape index (κ1) is 14.4. The van der Waals surface area contributed by atoms with E-state index in [-0.39, 0.29) is 17.0 Å². The van der Waals surface area contributed by atoms with E-state index in [1.807, 2.05) is 0 Å². The van der Waals surface area contributed by atoms with Crippen LogP contribution in [0, 0.1) is 5.82 Å². The number of halogens is 1. The van der Waals surface area contributed by atoms with Crippen molar-refractivity contribution in [1.29, 1.82) is 0 Å². The molecule has 0 atom stereocenters. The molecule has 2 N–H and O–H groups in total. The maximum Gasteiger partial charge on any atom is 0.339 e. The van der Waals surface area contributed by atoms with Gasteiger partial charge in [-0.1, -0.05) is 6.07 Å². The number of rotatable bonds is 5. The number of anilines is 1. The molecule has 0 fully saturated rings. The average molecular weight is 290 g/mol. The number of nitrogens with one attached hydrogen (secondary N) is 1. The molecule has 0 aliphatic carbocycles. The minimum absolute atomic E-state index is 0.0145. The second kappa shape index (κ2) is 6.47. The van der Waals surface area contributed by atoms with E-state index in [9.17, 15) is 14.0 Å². The van der Waals surface area contributed by atoms with Crippen LogP contribution in [0.5, 0.6) is 5.75 Å². The first-order valence-electron chi connectivity index (χ1n) is 5.92. The van der Waals surface area contributed by atoms with Crippen LogP contribution in [-0.2, 0) is 4.79 Å². The fourth-order valence-corrected chi connectivity index (χ4v) is 1.58. The molecule has 2 aromatic rings. The van der Waals surface area contributed by atoms with Gasteiger partial charge in [-0.25, -0.2) is 9.18 Å². The van der Waals surface area contributed by atoms with Gasteiger partial charge in [0.2, 0.25) is 0 Å². The lowest BCUT2D eigenvalue weighted by Crippen LogP contribution is -2.21. The van der Waals surface area contributed by atoms with E-state index in [2.05, 4.69) is 10.3 Å². The SMILES string of the molecule is O=C(COc1cnccc1C(=O)O)Nc1cccc(F)c1. The summed E-state index contributed by atoms with van der Waals surface area (Å²) in [6.45, 7) is -0.414. The lowest BCUT2D eigenvalue weighted by molar-refractivity contribution is -0.118. The van der Waals surface area contributed by atoms with Crippen molar-refractivity contribution in [1.82, 2.24) is 4.98 Å². The van der Waals surface area contributed by atoms with Gasteiger partial charge in [-0.2, -0.15) is 0 Å². The first-order valence-corrected chi connectivity index (χ1v) is 5.92. The number of carbonyl (C=O) groups is 2. The van der Waals surface area contributed by atoms with Gasteiger partial charge in [0, 0.05) is 11.9 Å². The Morgan fingerprint density at radius 1 is 1.33 bits per heavy atom. The smallest absolute Gasteiger partial charge is 0.339 e. The topological polar surface area (TPSA) is 88.5 Å². The van der Waals surface area contributed by atoms with Crippen molar-refractivity contribution in [2.24, 2.45) is 0 Å². The molecular formula is C14H11FN2O4. The van der Waals surface area contributed by atoms with Gasteiger partial charge >= 0.3 is 5.97 Å². The van der Waals surface area contributed by atoms with Gasteiger partial charge in [-0.3, -0.25) is 9.78 Å². The van der Waals surface area contributed by atoms with Crippen LogP contribution in [0.1, 0.15) is 10.4 Å². The van der Waals surface area contributed by atoms with E-state index in [0.29, 0.717) is 0 Å². The standard InChI is InChI=1S/C14H11FN2O4/c15-9-2-1-3-10(6-9)17-13(18)8-21-12-7-16-5-4-11(12)14(19)20/h1-7H,8H2,(H,17,18)(H,19,20). The highest BCUT2D eigenvalue weighted by atomic mass is 19.1. The molecule has 0 saturated carbocycles. The molecule has 0 saturated heterocycles. The summed E-state index contributed by atoms with van der Waals surface area (Å²) in [5, 5.41) is 11.4. The molecule has 1 aromatic heterocycles. The Bertz CT molecular complexity index is 676. The number of hydrogen-bond acceptors (Lipinski definition) is 4. The first-order chi connectivity index (χ1) is 10.1. The number of hydrogen-bond donors (Lipinski definition) is 2. The van der Waals surface area contributed by atoms with Gasteiger partial charge in [0.25, 0.3) is 5.91 Å². The van der Waals surface area contributed by atoms with Gasteiger partial charge in [0.15, 0.2) is 12.4 Å². The Balaban J connectivity index is 1.97. The fraction of sp³-hybridized carbons (Fsp3) is 0.0714. The van der Waals surface area contributed by atoms with Gasteiger partial charge in [-0.05, 0) is 24.3 Å². The van der Waals surface area contributed by atoms with Crippen LogP contribution >= 0.6 is 0 Å². The molecule has 0 aliphatic heterocycles. The summed E-state index contributed by atoms with van der Waals surface area (Å²) in [6.07, 6.45) is 2.52. The second-order valence-electron chi connectivity index (χ2n) is 4.02. The highest BCUT2D eigenvalue weighted by Crippen LogP contribution is 2.16. The number of ether oxygens (including phenoxy) is 1. The van der Waals surface area contributed by atoms with Gasteiger partial charge < -0.3 is 15.2 Å². The Morgan fingerprint density at radius 2 is 2.14 bits per heavy atom. The molecule has 0 spiro atoms. The van der Waals surface area contributed by atoms with Crippen molar-refractivity contribution >= 4 is 17.6 Å². The average Bonchev–Trinajstić information content (AvgIpc) is 2.45. The molecule has 1 aromatic carbocycles. The molecule has 0 bridgehead atoms. The summed E-state index contributed by atoms with van der Waals surface area (Å²) in [7, 11) is 0. The minimum atomic E-state index is -1.18. The summed E-state index contributed by atoms with van der Waals surface area (Å²) in [5.41, 5.74) is 0.191. The molecule has 21 heavy (non-hydrogen) atoms. The highest BCUT2D eigenvalue weighted by molar-refractivity contribution is 5.93. The zero-order chi connectivity index (χ0) is 15.2. The predicted molar refractivity (Wildman–Crippen MR) is 71.7 cm³/mol. The Labute approximate surface area is 119 Å². The van der Waals surface area contributed by atoms with Crippen LogP contribution < -0.4 is 10.1 Å². The molecule has 1 heterocycles. The Hall–Kier alpha value is -2.96. The maximum absolute atomic E-state index is 13.0. The number of aromatic carboxylic acids is 1. The van der Waals surface area contributed by atoms with Crippen molar-refractivity contribution in [3.63, 3.8) is 0 Å². The van der Waals surface area contributed by atoms with E-state index in [4.69, 9.17) is 9.84 Å². The molecule has 1 amide bonds. The Morgan fingerprint density at radius 3 is 2.86 bits per heavy atom. The molecule has 7 heteroatoms. The van der Waals surface area contributed by atoms with E-state index >= 15 is 0 Å². The van der Waals surface area contributed by atoms with Crippen molar-refractivity contribution in [3.05, 3.63) is 54.1 Å². The zero-order valence-corrected chi connectivity index (χ0v) is 10.7. The summed E-state index contributed by atoms with van der Waals surface area (Å²) < 4.78 is 18.1. The molecule has 2 rings (SSSR count). The molecule has 6 nitrogen and oxygen atoms in total. The number of amides is 1. The molecule has 0 radical (unpaired) electrons. The van der Waals surface area contributed by atoms with Gasteiger partial charge in [0.05, 0.1) is 6.20 Å². The third-order valence-corrected chi connectivity index (χ3v) is 2.48.